The topological polar surface area (TPSA) is 57.0 Å². The SMILES string of the molecule is CCCn1c(CC(N)c2occc2C)nc2ccccc21. The zero-order valence-electron chi connectivity index (χ0n) is 12.5. The van der Waals surface area contributed by atoms with Crippen LogP contribution in [0, 0.1) is 6.92 Å². The first-order valence-electron chi connectivity index (χ1n) is 7.44. The van der Waals surface area contributed by atoms with Crippen molar-refractivity contribution in [1.29, 1.82) is 0 Å². The highest BCUT2D eigenvalue weighted by Gasteiger charge is 2.18. The summed E-state index contributed by atoms with van der Waals surface area (Å²) in [4.78, 5) is 4.75. The highest BCUT2D eigenvalue weighted by molar-refractivity contribution is 5.75. The molecule has 0 saturated heterocycles. The Kier molecular flexibility index (Phi) is 3.80. The predicted molar refractivity (Wildman–Crippen MR) is 84.1 cm³/mol. The van der Waals surface area contributed by atoms with E-state index >= 15 is 0 Å². The molecule has 0 spiro atoms. The molecule has 2 aromatic heterocycles. The van der Waals surface area contributed by atoms with E-state index in [0.717, 1.165) is 35.6 Å². The van der Waals surface area contributed by atoms with Gasteiger partial charge in [0.05, 0.1) is 23.3 Å². The van der Waals surface area contributed by atoms with Crippen molar-refractivity contribution in [2.24, 2.45) is 5.73 Å². The molecule has 1 unspecified atom stereocenters. The average Bonchev–Trinajstić information content (AvgIpc) is 3.04. The van der Waals surface area contributed by atoms with Gasteiger partial charge in [0.1, 0.15) is 11.6 Å². The van der Waals surface area contributed by atoms with E-state index in [4.69, 9.17) is 15.1 Å². The van der Waals surface area contributed by atoms with E-state index in [0.29, 0.717) is 6.42 Å². The number of imidazole rings is 1. The Bertz CT molecular complexity index is 741. The largest absolute Gasteiger partial charge is 0.467 e. The number of aryl methyl sites for hydroxylation is 2. The molecule has 3 aromatic rings. The molecular formula is C17H21N3O. The van der Waals surface area contributed by atoms with Crippen LogP contribution in [0.3, 0.4) is 0 Å². The fourth-order valence-corrected chi connectivity index (χ4v) is 2.81. The Morgan fingerprint density at radius 3 is 2.81 bits per heavy atom. The van der Waals surface area contributed by atoms with Crippen molar-refractivity contribution in [2.75, 3.05) is 0 Å². The van der Waals surface area contributed by atoms with Gasteiger partial charge in [-0.2, -0.15) is 0 Å². The number of nitrogens with zero attached hydrogens (tertiary/aromatic N) is 2. The second-order valence-corrected chi connectivity index (χ2v) is 5.45. The molecule has 4 heteroatoms. The molecule has 0 bridgehead atoms. The van der Waals surface area contributed by atoms with E-state index in [1.54, 1.807) is 6.26 Å². The number of benzene rings is 1. The van der Waals surface area contributed by atoms with Crippen molar-refractivity contribution in [1.82, 2.24) is 9.55 Å². The Morgan fingerprint density at radius 2 is 2.10 bits per heavy atom. The van der Waals surface area contributed by atoms with Gasteiger partial charge in [0.2, 0.25) is 0 Å². The molecule has 0 saturated carbocycles. The van der Waals surface area contributed by atoms with Crippen molar-refractivity contribution in [2.45, 2.75) is 39.3 Å². The maximum atomic E-state index is 6.31. The number of furan rings is 1. The Morgan fingerprint density at radius 1 is 1.29 bits per heavy atom. The van der Waals surface area contributed by atoms with Crippen molar-refractivity contribution >= 4 is 11.0 Å². The number of nitrogens with two attached hydrogens (primary N) is 1. The summed E-state index contributed by atoms with van der Waals surface area (Å²) in [6, 6.07) is 10.0. The van der Waals surface area contributed by atoms with Gasteiger partial charge in [0.25, 0.3) is 0 Å². The second kappa shape index (κ2) is 5.74. The third-order valence-electron chi connectivity index (χ3n) is 3.82. The minimum Gasteiger partial charge on any atom is -0.467 e. The van der Waals surface area contributed by atoms with Gasteiger partial charge in [-0.3, -0.25) is 0 Å². The molecule has 0 fully saturated rings. The predicted octanol–water partition coefficient (Wildman–Crippen LogP) is 3.59. The van der Waals surface area contributed by atoms with E-state index < -0.39 is 0 Å². The number of rotatable bonds is 5. The van der Waals surface area contributed by atoms with E-state index in [9.17, 15) is 0 Å². The zero-order chi connectivity index (χ0) is 14.8. The zero-order valence-corrected chi connectivity index (χ0v) is 12.5. The van der Waals surface area contributed by atoms with Gasteiger partial charge >= 0.3 is 0 Å². The summed E-state index contributed by atoms with van der Waals surface area (Å²) < 4.78 is 7.78. The molecule has 110 valence electrons. The van der Waals surface area contributed by atoms with Gasteiger partial charge in [0, 0.05) is 13.0 Å². The normalized spacial score (nSPS) is 12.9. The summed E-state index contributed by atoms with van der Waals surface area (Å²) in [5.74, 6) is 1.88. The molecular weight excluding hydrogens is 262 g/mol. The number of hydrogen-bond acceptors (Lipinski definition) is 3. The molecule has 0 aliphatic heterocycles. The second-order valence-electron chi connectivity index (χ2n) is 5.45. The maximum Gasteiger partial charge on any atom is 0.123 e. The first kappa shape index (κ1) is 13.9. The van der Waals surface area contributed by atoms with Crippen LogP contribution in [0.25, 0.3) is 11.0 Å². The lowest BCUT2D eigenvalue weighted by molar-refractivity contribution is 0.453. The Balaban J connectivity index is 1.96. The van der Waals surface area contributed by atoms with Crippen LogP contribution in [0.5, 0.6) is 0 Å². The standard InChI is InChI=1S/C17H21N3O/c1-3-9-20-15-7-5-4-6-14(15)19-16(20)11-13(18)17-12(2)8-10-21-17/h4-8,10,13H,3,9,11,18H2,1-2H3. The maximum absolute atomic E-state index is 6.31. The quantitative estimate of drug-likeness (QED) is 0.778. The average molecular weight is 283 g/mol. The van der Waals surface area contributed by atoms with Crippen LogP contribution in [0.1, 0.15) is 36.5 Å². The molecule has 3 rings (SSSR count). The number of para-hydroxylation sites is 2. The fourth-order valence-electron chi connectivity index (χ4n) is 2.81. The summed E-state index contributed by atoms with van der Waals surface area (Å²) >= 11 is 0. The molecule has 0 radical (unpaired) electrons. The summed E-state index contributed by atoms with van der Waals surface area (Å²) in [5.41, 5.74) is 9.62. The summed E-state index contributed by atoms with van der Waals surface area (Å²) in [6.07, 6.45) is 3.45. The van der Waals surface area contributed by atoms with E-state index in [1.807, 2.05) is 19.1 Å². The van der Waals surface area contributed by atoms with E-state index in [-0.39, 0.29) is 6.04 Å². The van der Waals surface area contributed by atoms with Gasteiger partial charge < -0.3 is 14.7 Å². The molecule has 2 N–H and O–H groups in total. The molecule has 0 amide bonds. The number of aromatic nitrogens is 2. The van der Waals surface area contributed by atoms with Crippen LogP contribution >= 0.6 is 0 Å². The summed E-state index contributed by atoms with van der Waals surface area (Å²) in [5, 5.41) is 0. The molecule has 0 aliphatic rings. The van der Waals surface area contributed by atoms with Crippen LogP contribution in [-0.2, 0) is 13.0 Å². The smallest absolute Gasteiger partial charge is 0.123 e. The van der Waals surface area contributed by atoms with Crippen molar-refractivity contribution in [3.05, 3.63) is 53.7 Å². The molecule has 1 aromatic carbocycles. The van der Waals surface area contributed by atoms with Crippen LogP contribution in [-0.4, -0.2) is 9.55 Å². The van der Waals surface area contributed by atoms with E-state index in [2.05, 4.69) is 29.7 Å². The van der Waals surface area contributed by atoms with Crippen molar-refractivity contribution in [3.63, 3.8) is 0 Å². The van der Waals surface area contributed by atoms with Gasteiger partial charge in [-0.1, -0.05) is 19.1 Å². The first-order valence-corrected chi connectivity index (χ1v) is 7.44. The monoisotopic (exact) mass is 283 g/mol. The van der Waals surface area contributed by atoms with Crippen LogP contribution in [0.4, 0.5) is 0 Å². The minimum atomic E-state index is -0.160. The first-order chi connectivity index (χ1) is 10.2. The van der Waals surface area contributed by atoms with Crippen molar-refractivity contribution in [3.8, 4) is 0 Å². The molecule has 4 nitrogen and oxygen atoms in total. The Hall–Kier alpha value is -2.07. The minimum absolute atomic E-state index is 0.160. The summed E-state index contributed by atoms with van der Waals surface area (Å²) in [6.45, 7) is 5.16. The number of hydrogen-bond donors (Lipinski definition) is 1. The van der Waals surface area contributed by atoms with Gasteiger partial charge in [-0.25, -0.2) is 4.98 Å². The van der Waals surface area contributed by atoms with Gasteiger partial charge in [-0.15, -0.1) is 0 Å². The molecule has 2 heterocycles. The van der Waals surface area contributed by atoms with Crippen LogP contribution < -0.4 is 5.73 Å². The molecule has 1 atom stereocenters. The lowest BCUT2D eigenvalue weighted by Gasteiger charge is -2.12. The van der Waals surface area contributed by atoms with Crippen molar-refractivity contribution < 1.29 is 4.42 Å². The van der Waals surface area contributed by atoms with Crippen LogP contribution in [0.15, 0.2) is 41.0 Å². The fraction of sp³-hybridized carbons (Fsp3) is 0.353. The van der Waals surface area contributed by atoms with Gasteiger partial charge in [0.15, 0.2) is 0 Å². The highest BCUT2D eigenvalue weighted by Crippen LogP contribution is 2.23. The van der Waals surface area contributed by atoms with E-state index in [1.165, 1.54) is 5.52 Å². The third kappa shape index (κ3) is 2.59. The third-order valence-corrected chi connectivity index (χ3v) is 3.82. The summed E-state index contributed by atoms with van der Waals surface area (Å²) in [7, 11) is 0. The molecule has 21 heavy (non-hydrogen) atoms. The van der Waals surface area contributed by atoms with Gasteiger partial charge in [-0.05, 0) is 37.1 Å². The number of fused-ring (bicyclic) bond motifs is 1. The lowest BCUT2D eigenvalue weighted by atomic mass is 10.1. The molecule has 0 aliphatic carbocycles. The lowest BCUT2D eigenvalue weighted by Crippen LogP contribution is -2.17. The highest BCUT2D eigenvalue weighted by atomic mass is 16.3. The van der Waals surface area contributed by atoms with Crippen LogP contribution in [0.2, 0.25) is 0 Å². The Labute approximate surface area is 124 Å².